The first-order chi connectivity index (χ1) is 56.8. The van der Waals surface area contributed by atoms with Gasteiger partial charge in [-0.15, -0.1) is 10.2 Å². The highest BCUT2D eigenvalue weighted by molar-refractivity contribution is 6.99. The highest BCUT2D eigenvalue weighted by Crippen LogP contribution is 2.51. The number of nitrogens with two attached hydrogens (primary N) is 2. The molecule has 9 rings (SSSR count). The Hall–Kier alpha value is -14.1. The van der Waals surface area contributed by atoms with E-state index < -0.39 is 184 Å². The van der Waals surface area contributed by atoms with Crippen molar-refractivity contribution in [2.24, 2.45) is 17.4 Å². The number of primary amides is 1. The van der Waals surface area contributed by atoms with Crippen LogP contribution in [0.3, 0.4) is 0 Å². The Labute approximate surface area is 684 Å². The third kappa shape index (κ3) is 25.7. The lowest BCUT2D eigenvalue weighted by Crippen LogP contribution is -2.60. The summed E-state index contributed by atoms with van der Waals surface area (Å²) in [5.41, 5.74) is 20.1. The summed E-state index contributed by atoms with van der Waals surface area (Å²) in [5, 5.41) is 83.6. The van der Waals surface area contributed by atoms with Crippen molar-refractivity contribution < 1.29 is 82.4 Å². The molecule has 10 atom stereocenters. The van der Waals surface area contributed by atoms with Crippen molar-refractivity contribution >= 4 is 119 Å². The lowest BCUT2D eigenvalue weighted by molar-refractivity contribution is -0.142. The predicted octanol–water partition coefficient (Wildman–Crippen LogP) is -0.484. The van der Waals surface area contributed by atoms with E-state index in [1.165, 1.54) is 35.8 Å². The molecule has 119 heavy (non-hydrogen) atoms. The molecule has 0 aliphatic carbocycles. The molecular formula is C81H96N20O17Si. The summed E-state index contributed by atoms with van der Waals surface area (Å²) >= 11 is 0. The maximum absolute atomic E-state index is 14.6. The number of carbonyl (C=O) groups excluding carboxylic acids is 11. The molecule has 0 spiro atoms. The molecule has 2 aliphatic heterocycles. The molecule has 1 fully saturated rings. The van der Waals surface area contributed by atoms with Gasteiger partial charge in [-0.3, -0.25) is 72.5 Å². The molecule has 2 aliphatic rings. The number of hydrogen-bond donors (Lipinski definition) is 17. The monoisotopic (exact) mass is 1650 g/mol. The van der Waals surface area contributed by atoms with Gasteiger partial charge in [0, 0.05) is 51.5 Å². The van der Waals surface area contributed by atoms with E-state index in [0.29, 0.717) is 5.56 Å². The van der Waals surface area contributed by atoms with Crippen molar-refractivity contribution in [3.63, 3.8) is 0 Å². The molecule has 19 N–H and O–H groups in total. The zero-order valence-electron chi connectivity index (χ0n) is 65.9. The van der Waals surface area contributed by atoms with Gasteiger partial charge in [-0.05, 0) is 92.6 Å². The fraction of sp³-hybridized carbons (Fsp3) is 0.346. The number of hydrogen-bond acceptors (Lipinski definition) is 19. The van der Waals surface area contributed by atoms with E-state index >= 15 is 0 Å². The smallest absolute Gasteiger partial charge is 0.305 e. The Morgan fingerprint density at radius 1 is 0.538 bits per heavy atom. The minimum absolute atomic E-state index is 0.0336. The third-order valence-corrected chi connectivity index (χ3v) is 22.6. The number of allylic oxidation sites excluding steroid dienone is 2. The average molecular weight is 1650 g/mol. The van der Waals surface area contributed by atoms with E-state index in [2.05, 4.69) is 134 Å². The van der Waals surface area contributed by atoms with Crippen LogP contribution in [-0.2, 0) is 99.5 Å². The van der Waals surface area contributed by atoms with Gasteiger partial charge in [-0.25, -0.2) is 9.36 Å². The Kier molecular flexibility index (Phi) is 31.4. The van der Waals surface area contributed by atoms with Crippen LogP contribution in [0.15, 0.2) is 152 Å². The van der Waals surface area contributed by atoms with Gasteiger partial charge in [0.1, 0.15) is 63.2 Å². The molecular weight excluding hydrogens is 1550 g/mol. The van der Waals surface area contributed by atoms with Crippen molar-refractivity contribution in [3.05, 3.63) is 202 Å². The quantitative estimate of drug-likeness (QED) is 0.0102. The average Bonchev–Trinajstić information content (AvgIpc) is 1.58. The van der Waals surface area contributed by atoms with E-state index in [9.17, 15) is 82.4 Å². The molecule has 4 heterocycles. The van der Waals surface area contributed by atoms with Crippen LogP contribution in [0.2, 0.25) is 6.55 Å². The van der Waals surface area contributed by atoms with Crippen molar-refractivity contribution in [2.45, 2.75) is 159 Å². The first kappa shape index (κ1) is 88.9. The summed E-state index contributed by atoms with van der Waals surface area (Å²) < 4.78 is 3.08. The zero-order chi connectivity index (χ0) is 86.1. The largest absolute Gasteiger partial charge is 0.481 e. The van der Waals surface area contributed by atoms with E-state index in [1.807, 2.05) is 60.7 Å². The van der Waals surface area contributed by atoms with Gasteiger partial charge in [0.15, 0.2) is 5.96 Å². The number of carbonyl (C=O) groups is 14. The number of benzene rings is 5. The maximum atomic E-state index is 14.6. The molecule has 0 saturated carbocycles. The molecule has 38 heteroatoms. The van der Waals surface area contributed by atoms with Crippen LogP contribution in [0.1, 0.15) is 117 Å². The van der Waals surface area contributed by atoms with Gasteiger partial charge in [0.2, 0.25) is 65.0 Å². The summed E-state index contributed by atoms with van der Waals surface area (Å²) in [6, 6.07) is 31.7. The molecule has 2 unspecified atom stereocenters. The number of guanidine groups is 1. The van der Waals surface area contributed by atoms with Gasteiger partial charge in [-0.2, -0.15) is 0 Å². The SMILES string of the molecule is CC(=O)N[C@H](C)C(=O)N[C@H](CCC(=O)O)C(=O)NC(C(=O)N[C@H](CC(=O)O)C(=O)N[C@H](Cc1cn(Cc2ccc(C3=C(c4ccccc4)C(c4ccccc4)=C(c4ccc(Cn5cc(C[C@@H]6NC(=O)[C@@H](Cc7ccccc7)NC(=O)[C@H](CC(=O)O)NC(=O)CNC(=O)[C@H](CCCNC(=N)N)NC6=O)nn5)cc4)[SiH]3C)cc2)nn1)C(N)=O)C(C)C. The normalized spacial score (nSPS) is 17.8. The molecule has 1 saturated heterocycles. The van der Waals surface area contributed by atoms with Crippen LogP contribution in [-0.4, -0.2) is 210 Å². The maximum Gasteiger partial charge on any atom is 0.305 e. The molecule has 5 aromatic carbocycles. The van der Waals surface area contributed by atoms with Gasteiger partial charge in [-0.1, -0.05) is 170 Å². The Morgan fingerprint density at radius 2 is 1.03 bits per heavy atom. The second-order valence-corrected chi connectivity index (χ2v) is 31.8. The molecule has 2 aromatic heterocycles. The van der Waals surface area contributed by atoms with Crippen molar-refractivity contribution in [1.29, 1.82) is 5.41 Å². The Balaban J connectivity index is 0.909. The van der Waals surface area contributed by atoms with Gasteiger partial charge >= 0.3 is 17.9 Å². The standard InChI is InChI=1S/C81H96N20O17Si/c1-44(2)69(95-75(113)57(31-32-64(104)105)89-73(111)45(3)87-46(4)102)80(118)94-62(38-66(108)109)79(117)91-58(72(82)110)35-54-42-100(98-96-54)40-48-23-27-52(28-24-48)70-67(50-18-11-7-12-19-50)68(51-20-13-8-14-21-51)71(119(70)5)53-29-25-49(26-30-53)41-101-43-55(97-99-101)36-60-77(115)90-56(22-15-33-85-81(83)84)74(112)86-39-63(103)88-61(37-65(106)107)78(116)92-59(76(114)93-60)34-47-16-9-6-10-17-47/h6-14,16-21,23-30,42-45,56-62,69,119H,15,22,31-41H2,1-5H3,(H2,82,110)(H,86,112)(H,87,102)(H,88,103)(H,89,111)(H,90,115)(H,91,117)(H,92,116)(H,93,114)(H,94,118)(H,95,113)(H,104,105)(H,106,107)(H,108,109)(H4,83,84,85)/t45-,56+,57-,58-,59-,60+,61+,62-,69?,119?/m1/s1. The lowest BCUT2D eigenvalue weighted by Gasteiger charge is -2.27. The van der Waals surface area contributed by atoms with Gasteiger partial charge in [0.05, 0.1) is 43.9 Å². The van der Waals surface area contributed by atoms with Gasteiger partial charge < -0.3 is 85.3 Å². The summed E-state index contributed by atoms with van der Waals surface area (Å²) in [7, 11) is -2.17. The van der Waals surface area contributed by atoms with E-state index in [-0.39, 0.29) is 69.1 Å². The topological polar surface area (TPSA) is 569 Å². The van der Waals surface area contributed by atoms with Crippen LogP contribution in [0.25, 0.3) is 21.5 Å². The number of aromatic nitrogens is 6. The fourth-order valence-electron chi connectivity index (χ4n) is 13.8. The fourth-order valence-corrected chi connectivity index (χ4v) is 16.9. The highest BCUT2D eigenvalue weighted by atomic mass is 28.3. The summed E-state index contributed by atoms with van der Waals surface area (Å²) in [6.07, 6.45) is -0.252. The number of rotatable bonds is 36. The van der Waals surface area contributed by atoms with Gasteiger partial charge in [0.25, 0.3) is 0 Å². The Morgan fingerprint density at radius 3 is 1.55 bits per heavy atom. The molecule has 37 nitrogen and oxygen atoms in total. The number of nitrogens with one attached hydrogen (secondary N) is 12. The number of amides is 11. The second kappa shape index (κ2) is 42.0. The third-order valence-electron chi connectivity index (χ3n) is 19.6. The summed E-state index contributed by atoms with van der Waals surface area (Å²) in [4.78, 5) is 184. The van der Waals surface area contributed by atoms with Crippen LogP contribution in [0.4, 0.5) is 0 Å². The first-order valence-corrected chi connectivity index (χ1v) is 40.7. The van der Waals surface area contributed by atoms with E-state index in [1.54, 1.807) is 47.4 Å². The zero-order valence-corrected chi connectivity index (χ0v) is 67.0. The van der Waals surface area contributed by atoms with Crippen LogP contribution in [0, 0.1) is 11.3 Å². The molecule has 626 valence electrons. The van der Waals surface area contributed by atoms with Crippen LogP contribution < -0.4 is 70.0 Å². The number of carboxylic acids is 3. The van der Waals surface area contributed by atoms with Crippen LogP contribution in [0.5, 0.6) is 0 Å². The summed E-state index contributed by atoms with van der Waals surface area (Å²) in [5.74, 6) is -15.3. The number of nitrogens with zero attached hydrogens (tertiary/aromatic N) is 6. The van der Waals surface area contributed by atoms with Crippen molar-refractivity contribution in [3.8, 4) is 0 Å². The molecule has 7 aromatic rings. The van der Waals surface area contributed by atoms with Crippen molar-refractivity contribution in [1.82, 2.24) is 88.5 Å². The van der Waals surface area contributed by atoms with E-state index in [0.717, 1.165) is 51.5 Å². The lowest BCUT2D eigenvalue weighted by atomic mass is 9.89. The molecule has 0 radical (unpaired) electrons. The minimum atomic E-state index is -2.17. The van der Waals surface area contributed by atoms with Crippen molar-refractivity contribution in [2.75, 3.05) is 13.1 Å². The molecule has 0 bridgehead atoms. The number of carboxylic acid groups (broad SMARTS) is 3. The minimum Gasteiger partial charge on any atom is -0.481 e. The first-order valence-electron chi connectivity index (χ1n) is 38.4. The van der Waals surface area contributed by atoms with E-state index in [4.69, 9.17) is 16.9 Å². The predicted molar refractivity (Wildman–Crippen MR) is 435 cm³/mol. The highest BCUT2D eigenvalue weighted by Gasteiger charge is 2.39. The molecule has 11 amide bonds. The number of aliphatic carboxylic acids is 3. The summed E-state index contributed by atoms with van der Waals surface area (Å²) in [6.45, 7) is 7.66. The Bertz CT molecular complexity index is 4970. The van der Waals surface area contributed by atoms with Crippen LogP contribution >= 0.6 is 0 Å². The second-order valence-electron chi connectivity index (χ2n) is 29.2.